The highest BCUT2D eigenvalue weighted by Crippen LogP contribution is 2.32. The molecule has 1 atom stereocenters. The number of carbonyl (C=O) groups excluding carboxylic acids is 2. The van der Waals surface area contributed by atoms with Crippen LogP contribution >= 0.6 is 11.3 Å². The number of aromatic nitrogens is 1. The van der Waals surface area contributed by atoms with E-state index in [0.29, 0.717) is 11.1 Å². The monoisotopic (exact) mass is 474 g/mol. The Balaban J connectivity index is 1.53. The largest absolute Gasteiger partial charge is 0.466 e. The third-order valence-electron chi connectivity index (χ3n) is 5.30. The molecule has 172 valence electrons. The van der Waals surface area contributed by atoms with E-state index in [1.807, 2.05) is 66.7 Å². The number of benzene rings is 2. The molecule has 0 radical (unpaired) electrons. The first-order valence-electron chi connectivity index (χ1n) is 10.9. The Morgan fingerprint density at radius 3 is 2.29 bits per heavy atom. The molecule has 7 heteroatoms. The van der Waals surface area contributed by atoms with Crippen LogP contribution in [0.3, 0.4) is 0 Å². The van der Waals surface area contributed by atoms with Gasteiger partial charge in [0, 0.05) is 18.0 Å². The molecule has 0 saturated heterocycles. The van der Waals surface area contributed by atoms with E-state index in [1.165, 1.54) is 0 Å². The molecule has 0 unspecified atom stereocenters. The van der Waals surface area contributed by atoms with Crippen molar-refractivity contribution in [1.82, 2.24) is 10.3 Å². The van der Waals surface area contributed by atoms with Gasteiger partial charge in [0.25, 0.3) is 5.91 Å². The maximum Gasteiger partial charge on any atom is 0.308 e. The first-order chi connectivity index (χ1) is 16.5. The molecule has 2 heterocycles. The van der Waals surface area contributed by atoms with Crippen molar-refractivity contribution in [2.24, 2.45) is 0 Å². The van der Waals surface area contributed by atoms with Gasteiger partial charge in [-0.1, -0.05) is 54.6 Å². The molecule has 0 aliphatic carbocycles. The van der Waals surface area contributed by atoms with Gasteiger partial charge in [-0.3, -0.25) is 14.6 Å². The number of nitrogens with one attached hydrogen (secondary N) is 1. The van der Waals surface area contributed by atoms with Gasteiger partial charge >= 0.3 is 5.97 Å². The maximum absolute atomic E-state index is 14.8. The highest BCUT2D eigenvalue weighted by molar-refractivity contribution is 7.12. The van der Waals surface area contributed by atoms with Crippen molar-refractivity contribution < 1.29 is 18.7 Å². The molecule has 0 bridgehead atoms. The van der Waals surface area contributed by atoms with Gasteiger partial charge in [0.1, 0.15) is 0 Å². The number of esters is 1. The highest BCUT2D eigenvalue weighted by Gasteiger charge is 2.22. The Labute approximate surface area is 201 Å². The number of halogens is 1. The lowest BCUT2D eigenvalue weighted by atomic mass is 10.0. The van der Waals surface area contributed by atoms with Gasteiger partial charge in [0.05, 0.1) is 23.9 Å². The first kappa shape index (κ1) is 23.3. The summed E-state index contributed by atoms with van der Waals surface area (Å²) in [6, 6.07) is 21.4. The Kier molecular flexibility index (Phi) is 7.44. The van der Waals surface area contributed by atoms with E-state index < -0.39 is 23.0 Å². The fraction of sp³-hybridized carbons (Fsp3) is 0.148. The number of carbonyl (C=O) groups is 2. The van der Waals surface area contributed by atoms with E-state index in [4.69, 9.17) is 4.74 Å². The van der Waals surface area contributed by atoms with Crippen molar-refractivity contribution in [2.45, 2.75) is 19.4 Å². The first-order valence-corrected chi connectivity index (χ1v) is 11.7. The second-order valence-electron chi connectivity index (χ2n) is 7.56. The van der Waals surface area contributed by atoms with Gasteiger partial charge in [0.15, 0.2) is 5.13 Å². The van der Waals surface area contributed by atoms with Crippen molar-refractivity contribution in [3.8, 4) is 22.3 Å². The molecule has 0 aliphatic heterocycles. The SMILES string of the molecule is CCOC(=O)C[C@@H](NC(=O)c1cc(-c2ccc(-c3ccncc3)cc2)c(F)s1)c1ccccc1. The number of ether oxygens (including phenoxy) is 1. The molecule has 0 fully saturated rings. The van der Waals surface area contributed by atoms with Crippen LogP contribution in [0.1, 0.15) is 34.6 Å². The number of rotatable bonds is 8. The second-order valence-corrected chi connectivity index (χ2v) is 8.56. The van der Waals surface area contributed by atoms with Gasteiger partial charge in [-0.2, -0.15) is 4.39 Å². The number of hydrogen-bond donors (Lipinski definition) is 1. The summed E-state index contributed by atoms with van der Waals surface area (Å²) in [6.45, 7) is 1.99. The molecule has 2 aromatic heterocycles. The molecule has 0 aliphatic rings. The third kappa shape index (κ3) is 5.55. The van der Waals surface area contributed by atoms with Crippen molar-refractivity contribution in [1.29, 1.82) is 0 Å². The molecule has 4 rings (SSSR count). The van der Waals surface area contributed by atoms with E-state index in [2.05, 4.69) is 10.3 Å². The molecule has 0 spiro atoms. The zero-order valence-corrected chi connectivity index (χ0v) is 19.3. The summed E-state index contributed by atoms with van der Waals surface area (Å²) in [5, 5.41) is 2.42. The van der Waals surface area contributed by atoms with Crippen molar-refractivity contribution >= 4 is 23.2 Å². The van der Waals surface area contributed by atoms with Crippen LogP contribution in [0.5, 0.6) is 0 Å². The third-order valence-corrected chi connectivity index (χ3v) is 6.23. The van der Waals surface area contributed by atoms with E-state index in [-0.39, 0.29) is 17.9 Å². The number of amides is 1. The van der Waals surface area contributed by atoms with E-state index in [1.54, 1.807) is 25.4 Å². The standard InChI is InChI=1S/C27H23FN2O3S/c1-2-33-25(31)17-23(21-6-4-3-5-7-21)30-27(32)24-16-22(26(28)34-24)20-10-8-18(9-11-20)19-12-14-29-15-13-19/h3-16,23H,2,17H2,1H3,(H,30,32)/t23-/m1/s1. The summed E-state index contributed by atoms with van der Waals surface area (Å²) in [5.41, 5.74) is 3.81. The zero-order chi connectivity index (χ0) is 23.9. The molecule has 34 heavy (non-hydrogen) atoms. The van der Waals surface area contributed by atoms with Gasteiger partial charge in [0.2, 0.25) is 0 Å². The number of hydrogen-bond acceptors (Lipinski definition) is 5. The Bertz CT molecular complexity index is 1260. The molecule has 4 aromatic rings. The van der Waals surface area contributed by atoms with Crippen LogP contribution in [0.2, 0.25) is 0 Å². The van der Waals surface area contributed by atoms with Crippen LogP contribution in [0.4, 0.5) is 4.39 Å². The van der Waals surface area contributed by atoms with Gasteiger partial charge in [-0.15, -0.1) is 11.3 Å². The molecular weight excluding hydrogens is 451 g/mol. The average molecular weight is 475 g/mol. The quantitative estimate of drug-likeness (QED) is 0.316. The lowest BCUT2D eigenvalue weighted by molar-refractivity contribution is -0.143. The highest BCUT2D eigenvalue weighted by atomic mass is 32.1. The van der Waals surface area contributed by atoms with Gasteiger partial charge in [-0.25, -0.2) is 0 Å². The fourth-order valence-electron chi connectivity index (χ4n) is 3.62. The van der Waals surface area contributed by atoms with Crippen LogP contribution in [-0.2, 0) is 9.53 Å². The van der Waals surface area contributed by atoms with Crippen LogP contribution in [-0.4, -0.2) is 23.5 Å². The Hall–Kier alpha value is -3.84. The zero-order valence-electron chi connectivity index (χ0n) is 18.5. The van der Waals surface area contributed by atoms with Crippen molar-refractivity contribution in [3.63, 3.8) is 0 Å². The summed E-state index contributed by atoms with van der Waals surface area (Å²) >= 11 is 0.781. The molecule has 2 aromatic carbocycles. The maximum atomic E-state index is 14.8. The lowest BCUT2D eigenvalue weighted by Gasteiger charge is -2.18. The van der Waals surface area contributed by atoms with Crippen LogP contribution < -0.4 is 5.32 Å². The van der Waals surface area contributed by atoms with E-state index in [0.717, 1.165) is 28.0 Å². The van der Waals surface area contributed by atoms with Crippen LogP contribution in [0.25, 0.3) is 22.3 Å². The molecule has 1 N–H and O–H groups in total. The Morgan fingerprint density at radius 1 is 0.971 bits per heavy atom. The molecule has 0 saturated carbocycles. The summed E-state index contributed by atoms with van der Waals surface area (Å²) in [4.78, 5) is 29.3. The predicted molar refractivity (Wildman–Crippen MR) is 131 cm³/mol. The molecular formula is C27H23FN2O3S. The minimum absolute atomic E-state index is 0.0131. The van der Waals surface area contributed by atoms with E-state index in [9.17, 15) is 14.0 Å². The predicted octanol–water partition coefficient (Wildman–Crippen LogP) is 6.04. The summed E-state index contributed by atoms with van der Waals surface area (Å²) in [6.07, 6.45) is 3.43. The summed E-state index contributed by atoms with van der Waals surface area (Å²) in [7, 11) is 0. The van der Waals surface area contributed by atoms with Gasteiger partial charge < -0.3 is 10.1 Å². The Morgan fingerprint density at radius 2 is 1.62 bits per heavy atom. The average Bonchev–Trinajstić information content (AvgIpc) is 3.26. The normalized spacial score (nSPS) is 11.6. The topological polar surface area (TPSA) is 68.3 Å². The van der Waals surface area contributed by atoms with Crippen molar-refractivity contribution in [2.75, 3.05) is 6.61 Å². The number of nitrogens with zero attached hydrogens (tertiary/aromatic N) is 1. The summed E-state index contributed by atoms with van der Waals surface area (Å²) < 4.78 is 19.9. The minimum atomic E-state index is -0.582. The van der Waals surface area contributed by atoms with Gasteiger partial charge in [-0.05, 0) is 47.4 Å². The van der Waals surface area contributed by atoms with E-state index >= 15 is 0 Å². The molecule has 5 nitrogen and oxygen atoms in total. The number of thiophene rings is 1. The lowest BCUT2D eigenvalue weighted by Crippen LogP contribution is -2.30. The van der Waals surface area contributed by atoms with Crippen molar-refractivity contribution in [3.05, 3.63) is 101 Å². The smallest absolute Gasteiger partial charge is 0.308 e. The molecule has 1 amide bonds. The summed E-state index contributed by atoms with van der Waals surface area (Å²) in [5.74, 6) is -0.856. The number of pyridine rings is 1. The second kappa shape index (κ2) is 10.9. The van der Waals surface area contributed by atoms with Crippen LogP contribution in [0, 0.1) is 5.13 Å². The van der Waals surface area contributed by atoms with Crippen LogP contribution in [0.15, 0.2) is 85.2 Å². The minimum Gasteiger partial charge on any atom is -0.466 e. The fourth-order valence-corrected chi connectivity index (χ4v) is 4.43.